The zero-order chi connectivity index (χ0) is 12.6. The van der Waals surface area contributed by atoms with E-state index in [1.807, 2.05) is 12.1 Å². The maximum Gasteiger partial charge on any atom is 0.160 e. The van der Waals surface area contributed by atoms with Crippen LogP contribution < -0.4 is 10.6 Å². The molecule has 2 unspecified atom stereocenters. The van der Waals surface area contributed by atoms with Gasteiger partial charge in [0.05, 0.1) is 10.2 Å². The Balaban J connectivity index is 2.31. The van der Waals surface area contributed by atoms with E-state index in [2.05, 4.69) is 34.7 Å². The Morgan fingerprint density at radius 3 is 2.47 bits per heavy atom. The Morgan fingerprint density at radius 2 is 1.94 bits per heavy atom. The van der Waals surface area contributed by atoms with Gasteiger partial charge in [-0.3, -0.25) is 0 Å². The molecule has 1 aliphatic heterocycles. The van der Waals surface area contributed by atoms with E-state index in [0.717, 1.165) is 18.7 Å². The smallest absolute Gasteiger partial charge is 0.160 e. The molecular formula is C13H18BrFN2. The van der Waals surface area contributed by atoms with Gasteiger partial charge in [0.25, 0.3) is 0 Å². The Bertz CT molecular complexity index is 412. The first-order chi connectivity index (χ1) is 8.04. The molecule has 2 atom stereocenters. The van der Waals surface area contributed by atoms with Gasteiger partial charge < -0.3 is 10.6 Å². The normalized spacial score (nSPS) is 24.4. The van der Waals surface area contributed by atoms with E-state index in [0.29, 0.717) is 28.5 Å². The molecule has 2 nitrogen and oxygen atoms in total. The second-order valence-corrected chi connectivity index (χ2v) is 5.73. The fourth-order valence-corrected chi connectivity index (χ4v) is 2.80. The molecule has 1 aliphatic rings. The average molecular weight is 301 g/mol. The standard InChI is InChI=1S/C13H18BrFN2/c1-8-6-17(7-9(8)2)11-4-3-10(5-16)12(14)13(11)15/h3-4,8-9H,5-7,16H2,1-2H3. The summed E-state index contributed by atoms with van der Waals surface area (Å²) < 4.78 is 14.7. The quantitative estimate of drug-likeness (QED) is 0.909. The van der Waals surface area contributed by atoms with Gasteiger partial charge in [-0.1, -0.05) is 19.9 Å². The molecule has 2 rings (SSSR count). The summed E-state index contributed by atoms with van der Waals surface area (Å²) in [5, 5.41) is 0. The fourth-order valence-electron chi connectivity index (χ4n) is 2.31. The number of hydrogen-bond donors (Lipinski definition) is 1. The van der Waals surface area contributed by atoms with Crippen molar-refractivity contribution in [3.8, 4) is 0 Å². The predicted molar refractivity (Wildman–Crippen MR) is 72.5 cm³/mol. The Morgan fingerprint density at radius 1 is 1.35 bits per heavy atom. The van der Waals surface area contributed by atoms with Gasteiger partial charge in [-0.15, -0.1) is 0 Å². The number of hydrogen-bond acceptors (Lipinski definition) is 2. The molecule has 2 N–H and O–H groups in total. The van der Waals surface area contributed by atoms with Crippen LogP contribution in [0.1, 0.15) is 19.4 Å². The Hall–Kier alpha value is -0.610. The molecule has 17 heavy (non-hydrogen) atoms. The van der Waals surface area contributed by atoms with E-state index < -0.39 is 0 Å². The molecule has 0 spiro atoms. The minimum absolute atomic E-state index is 0.186. The Kier molecular flexibility index (Phi) is 3.73. The maximum absolute atomic E-state index is 14.2. The minimum Gasteiger partial charge on any atom is -0.369 e. The highest BCUT2D eigenvalue weighted by molar-refractivity contribution is 9.10. The van der Waals surface area contributed by atoms with Gasteiger partial charge in [-0.05, 0) is 39.4 Å². The predicted octanol–water partition coefficient (Wildman–Crippen LogP) is 3.14. The summed E-state index contributed by atoms with van der Waals surface area (Å²) in [4.78, 5) is 2.12. The fraction of sp³-hybridized carbons (Fsp3) is 0.538. The van der Waals surface area contributed by atoms with Crippen molar-refractivity contribution in [3.63, 3.8) is 0 Å². The van der Waals surface area contributed by atoms with Crippen LogP contribution in [0, 0.1) is 17.7 Å². The molecule has 0 saturated carbocycles. The first kappa shape index (κ1) is 12.8. The van der Waals surface area contributed by atoms with Crippen molar-refractivity contribution in [2.24, 2.45) is 17.6 Å². The van der Waals surface area contributed by atoms with Crippen molar-refractivity contribution in [1.29, 1.82) is 0 Å². The van der Waals surface area contributed by atoms with Gasteiger partial charge in [0.15, 0.2) is 5.82 Å². The van der Waals surface area contributed by atoms with Crippen LogP contribution in [0.5, 0.6) is 0 Å². The highest BCUT2D eigenvalue weighted by Gasteiger charge is 2.28. The van der Waals surface area contributed by atoms with Crippen LogP contribution >= 0.6 is 15.9 Å². The van der Waals surface area contributed by atoms with Gasteiger partial charge >= 0.3 is 0 Å². The number of benzene rings is 1. The van der Waals surface area contributed by atoms with Crippen LogP contribution in [0.15, 0.2) is 16.6 Å². The van der Waals surface area contributed by atoms with Crippen molar-refractivity contribution in [2.45, 2.75) is 20.4 Å². The van der Waals surface area contributed by atoms with Crippen molar-refractivity contribution < 1.29 is 4.39 Å². The molecule has 1 aromatic carbocycles. The summed E-state index contributed by atoms with van der Waals surface area (Å²) in [5.74, 6) is 1.04. The maximum atomic E-state index is 14.2. The Labute approximate surface area is 110 Å². The van der Waals surface area contributed by atoms with Crippen LogP contribution in [0.2, 0.25) is 0 Å². The highest BCUT2D eigenvalue weighted by atomic mass is 79.9. The van der Waals surface area contributed by atoms with E-state index in [1.165, 1.54) is 0 Å². The second-order valence-electron chi connectivity index (χ2n) is 4.94. The molecule has 0 amide bonds. The van der Waals surface area contributed by atoms with E-state index in [1.54, 1.807) is 0 Å². The van der Waals surface area contributed by atoms with Gasteiger partial charge in [0, 0.05) is 19.6 Å². The van der Waals surface area contributed by atoms with Crippen LogP contribution in [-0.2, 0) is 6.54 Å². The third-order valence-corrected chi connectivity index (χ3v) is 4.55. The topological polar surface area (TPSA) is 29.3 Å². The number of rotatable bonds is 2. The van der Waals surface area contributed by atoms with Crippen molar-refractivity contribution in [2.75, 3.05) is 18.0 Å². The van der Waals surface area contributed by atoms with Gasteiger partial charge in [0.1, 0.15) is 0 Å². The van der Waals surface area contributed by atoms with Crippen molar-refractivity contribution in [3.05, 3.63) is 28.0 Å². The molecule has 1 saturated heterocycles. The first-order valence-electron chi connectivity index (χ1n) is 5.96. The van der Waals surface area contributed by atoms with Gasteiger partial charge in [-0.2, -0.15) is 0 Å². The second kappa shape index (κ2) is 4.94. The molecule has 0 aliphatic carbocycles. The lowest BCUT2D eigenvalue weighted by atomic mass is 10.0. The summed E-state index contributed by atoms with van der Waals surface area (Å²) in [6.45, 7) is 6.63. The van der Waals surface area contributed by atoms with Crippen LogP contribution in [0.4, 0.5) is 10.1 Å². The zero-order valence-electron chi connectivity index (χ0n) is 10.2. The highest BCUT2D eigenvalue weighted by Crippen LogP contribution is 2.33. The van der Waals surface area contributed by atoms with Crippen LogP contribution in [-0.4, -0.2) is 13.1 Å². The lowest BCUT2D eigenvalue weighted by molar-refractivity contribution is 0.494. The molecule has 1 fully saturated rings. The van der Waals surface area contributed by atoms with Gasteiger partial charge in [-0.25, -0.2) is 4.39 Å². The zero-order valence-corrected chi connectivity index (χ0v) is 11.8. The largest absolute Gasteiger partial charge is 0.369 e. The van der Waals surface area contributed by atoms with Crippen molar-refractivity contribution >= 4 is 21.6 Å². The molecule has 0 aromatic heterocycles. The molecule has 0 radical (unpaired) electrons. The summed E-state index contributed by atoms with van der Waals surface area (Å²) in [7, 11) is 0. The number of nitrogens with zero attached hydrogens (tertiary/aromatic N) is 1. The van der Waals surface area contributed by atoms with E-state index >= 15 is 0 Å². The van der Waals surface area contributed by atoms with Gasteiger partial charge in [0.2, 0.25) is 0 Å². The lowest BCUT2D eigenvalue weighted by Gasteiger charge is -2.20. The number of nitrogens with two attached hydrogens (primary N) is 1. The van der Waals surface area contributed by atoms with Crippen LogP contribution in [0.25, 0.3) is 0 Å². The van der Waals surface area contributed by atoms with Crippen LogP contribution in [0.3, 0.4) is 0 Å². The average Bonchev–Trinajstić information content (AvgIpc) is 2.63. The summed E-state index contributed by atoms with van der Waals surface area (Å²) >= 11 is 3.29. The molecule has 1 heterocycles. The van der Waals surface area contributed by atoms with Crippen molar-refractivity contribution in [1.82, 2.24) is 0 Å². The molecule has 4 heteroatoms. The minimum atomic E-state index is -0.186. The summed E-state index contributed by atoms with van der Waals surface area (Å²) in [6, 6.07) is 3.74. The third-order valence-electron chi connectivity index (χ3n) is 3.69. The SMILES string of the molecule is CC1CN(c2ccc(CN)c(Br)c2F)CC1C. The molecular weight excluding hydrogens is 283 g/mol. The number of halogens is 2. The molecule has 0 bridgehead atoms. The van der Waals surface area contributed by atoms with E-state index in [9.17, 15) is 4.39 Å². The monoisotopic (exact) mass is 300 g/mol. The first-order valence-corrected chi connectivity index (χ1v) is 6.75. The summed E-state index contributed by atoms with van der Waals surface area (Å²) in [6.07, 6.45) is 0. The lowest BCUT2D eigenvalue weighted by Crippen LogP contribution is -2.21. The molecule has 94 valence electrons. The van der Waals surface area contributed by atoms with E-state index in [-0.39, 0.29) is 5.82 Å². The number of anilines is 1. The van der Waals surface area contributed by atoms with E-state index in [4.69, 9.17) is 5.73 Å². The molecule has 1 aromatic rings. The third kappa shape index (κ3) is 2.33. The summed E-state index contributed by atoms with van der Waals surface area (Å²) in [5.41, 5.74) is 7.05.